The molecular weight excluding hydrogens is 843 g/mol. The summed E-state index contributed by atoms with van der Waals surface area (Å²) in [6.07, 6.45) is 6.79. The van der Waals surface area contributed by atoms with Crippen LogP contribution >= 0.6 is 23.2 Å². The number of hydrogen-bond donors (Lipinski definition) is 2. The molecule has 4 aliphatic rings. The molecule has 4 amide bonds. The minimum Gasteiger partial charge on any atom is -0.486 e. The van der Waals surface area contributed by atoms with Crippen molar-refractivity contribution in [3.8, 4) is 17.0 Å². The number of aromatic nitrogens is 4. The molecular formula is C46H50Cl2N10O5. The zero-order valence-corrected chi connectivity index (χ0v) is 36.7. The first kappa shape index (κ1) is 42.5. The molecule has 15 nitrogen and oxygen atoms in total. The highest BCUT2D eigenvalue weighted by Gasteiger charge is 2.33. The van der Waals surface area contributed by atoms with Crippen LogP contribution in [0, 0.1) is 5.92 Å². The second-order valence-corrected chi connectivity index (χ2v) is 17.6. The van der Waals surface area contributed by atoms with Gasteiger partial charge >= 0.3 is 0 Å². The summed E-state index contributed by atoms with van der Waals surface area (Å²) in [4.78, 5) is 70.3. The van der Waals surface area contributed by atoms with Gasteiger partial charge in [0.05, 0.1) is 28.0 Å². The minimum atomic E-state index is -0.402. The lowest BCUT2D eigenvalue weighted by molar-refractivity contribution is -0.141. The Morgan fingerprint density at radius 2 is 1.52 bits per heavy atom. The second-order valence-electron chi connectivity index (χ2n) is 16.8. The molecule has 0 aliphatic carbocycles. The number of nitrogens with zero attached hydrogens (tertiary/aromatic N) is 8. The van der Waals surface area contributed by atoms with Crippen molar-refractivity contribution in [2.45, 2.75) is 44.6 Å². The van der Waals surface area contributed by atoms with Gasteiger partial charge in [-0.15, -0.1) is 0 Å². The molecule has 0 saturated carbocycles. The molecule has 17 heteroatoms. The predicted molar refractivity (Wildman–Crippen MR) is 241 cm³/mol. The number of hydrogen-bond acceptors (Lipinski definition) is 11. The second kappa shape index (κ2) is 18.5. The Morgan fingerprint density at radius 3 is 2.21 bits per heavy atom. The van der Waals surface area contributed by atoms with Gasteiger partial charge in [0.15, 0.2) is 0 Å². The zero-order valence-electron chi connectivity index (χ0n) is 35.1. The maximum absolute atomic E-state index is 13.6. The van der Waals surface area contributed by atoms with E-state index in [1.165, 1.54) is 0 Å². The molecule has 7 heterocycles. The lowest BCUT2D eigenvalue weighted by Gasteiger charge is -2.40. The summed E-state index contributed by atoms with van der Waals surface area (Å²) in [6, 6.07) is 17.8. The summed E-state index contributed by atoms with van der Waals surface area (Å²) in [6.45, 7) is 9.25. The van der Waals surface area contributed by atoms with Gasteiger partial charge in [-0.1, -0.05) is 35.3 Å². The quantitative estimate of drug-likeness (QED) is 0.166. The molecule has 63 heavy (non-hydrogen) atoms. The first-order valence-electron chi connectivity index (χ1n) is 21.7. The minimum absolute atomic E-state index is 0.0769. The molecule has 0 spiro atoms. The number of piperidine rings is 2. The van der Waals surface area contributed by atoms with Crippen molar-refractivity contribution in [2.24, 2.45) is 5.92 Å². The molecule has 4 saturated heterocycles. The van der Waals surface area contributed by atoms with E-state index in [2.05, 4.69) is 35.2 Å². The largest absolute Gasteiger partial charge is 0.486 e. The molecule has 3 aromatic heterocycles. The molecule has 9 rings (SSSR count). The van der Waals surface area contributed by atoms with Gasteiger partial charge in [0.1, 0.15) is 23.4 Å². The van der Waals surface area contributed by atoms with Crippen molar-refractivity contribution in [3.63, 3.8) is 0 Å². The molecule has 2 N–H and O–H groups in total. The van der Waals surface area contributed by atoms with Crippen molar-refractivity contribution >= 4 is 69.2 Å². The number of halogens is 2. The van der Waals surface area contributed by atoms with E-state index >= 15 is 0 Å². The van der Waals surface area contributed by atoms with Crippen molar-refractivity contribution < 1.29 is 23.9 Å². The monoisotopic (exact) mass is 892 g/mol. The Balaban J connectivity index is 0.709. The van der Waals surface area contributed by atoms with E-state index in [0.29, 0.717) is 92.9 Å². The number of anilines is 2. The molecule has 2 atom stereocenters. The fourth-order valence-electron chi connectivity index (χ4n) is 9.25. The number of amides is 4. The maximum atomic E-state index is 13.6. The lowest BCUT2D eigenvalue weighted by atomic mass is 9.90. The average molecular weight is 894 g/mol. The van der Waals surface area contributed by atoms with Crippen molar-refractivity contribution in [1.82, 2.24) is 40.2 Å². The van der Waals surface area contributed by atoms with Gasteiger partial charge in [-0.05, 0) is 74.2 Å². The third-order valence-electron chi connectivity index (χ3n) is 12.9. The van der Waals surface area contributed by atoms with Gasteiger partial charge in [0.25, 0.3) is 0 Å². The standard InChI is InChI=1S/C46H50Cl2N10O5/c1-29(43-37(47)26-49-27-38(43)48)63-34-7-9-39-36(24-34)44(53-52-39)32-4-10-40(50-25-32)56-20-22-58(23-21-56)46(62)31-12-14-57(15-13-31)42(60)28-54-16-18-55(19-17-54)33-5-2-30(3-6-33)35-8-11-41(59)51-45(35)61/h2-7,9-10,24-27,29,31,35H,8,11-23,28H2,1H3,(H,52,53)(H,51,59,61)/t29-,35?/m1/s1. The Hall–Kier alpha value is -5.77. The van der Waals surface area contributed by atoms with Crippen LogP contribution in [-0.2, 0) is 19.2 Å². The van der Waals surface area contributed by atoms with Gasteiger partial charge < -0.3 is 24.3 Å². The van der Waals surface area contributed by atoms with Gasteiger partial charge in [-0.25, -0.2) is 4.98 Å². The van der Waals surface area contributed by atoms with E-state index < -0.39 is 6.10 Å². The molecule has 0 radical (unpaired) electrons. The number of H-pyrrole nitrogens is 1. The van der Waals surface area contributed by atoms with E-state index in [9.17, 15) is 19.2 Å². The number of carbonyl (C=O) groups excluding carboxylic acids is 4. The first-order chi connectivity index (χ1) is 30.6. The fourth-order valence-corrected chi connectivity index (χ4v) is 9.92. The summed E-state index contributed by atoms with van der Waals surface area (Å²) in [5.41, 5.74) is 5.18. The highest BCUT2D eigenvalue weighted by molar-refractivity contribution is 6.35. The van der Waals surface area contributed by atoms with Gasteiger partial charge in [-0.3, -0.25) is 39.5 Å². The zero-order chi connectivity index (χ0) is 43.6. The van der Waals surface area contributed by atoms with Crippen LogP contribution in [0.1, 0.15) is 55.8 Å². The number of carbonyl (C=O) groups is 4. The SMILES string of the molecule is C[C@@H](Oc1ccc2[nH]nc(-c3ccc(N4CCN(C(=O)C5CCN(C(=O)CN6CCN(c7ccc(C8CCC(=O)NC8=O)cc7)CC6)CC5)CC4)nc3)c2c1)c1c(Cl)cncc1Cl. The van der Waals surface area contributed by atoms with Crippen LogP contribution in [0.2, 0.25) is 10.0 Å². The third kappa shape index (κ3) is 9.32. The number of likely N-dealkylation sites (tertiary alicyclic amines) is 1. The fraction of sp³-hybridized carbons (Fsp3) is 0.413. The molecule has 0 bridgehead atoms. The Kier molecular flexibility index (Phi) is 12.5. The summed E-state index contributed by atoms with van der Waals surface area (Å²) < 4.78 is 6.24. The van der Waals surface area contributed by atoms with Crippen LogP contribution < -0.4 is 19.9 Å². The molecule has 2 aromatic carbocycles. The van der Waals surface area contributed by atoms with Crippen molar-refractivity contribution in [1.29, 1.82) is 0 Å². The van der Waals surface area contributed by atoms with Crippen LogP contribution in [0.25, 0.3) is 22.2 Å². The summed E-state index contributed by atoms with van der Waals surface area (Å²) in [7, 11) is 0. The van der Waals surface area contributed by atoms with Crippen molar-refractivity contribution in [2.75, 3.05) is 81.8 Å². The number of benzene rings is 2. The topological polar surface area (TPSA) is 160 Å². The number of piperazine rings is 2. The number of aromatic amines is 1. The van der Waals surface area contributed by atoms with Crippen LogP contribution in [0.5, 0.6) is 5.75 Å². The maximum Gasteiger partial charge on any atom is 0.236 e. The number of ether oxygens (including phenoxy) is 1. The van der Waals surface area contributed by atoms with Gasteiger partial charge in [-0.2, -0.15) is 5.10 Å². The third-order valence-corrected chi connectivity index (χ3v) is 13.5. The highest BCUT2D eigenvalue weighted by atomic mass is 35.5. The number of imide groups is 1. The number of nitrogens with one attached hydrogen (secondary N) is 2. The summed E-state index contributed by atoms with van der Waals surface area (Å²) in [5.74, 6) is 1.00. The molecule has 328 valence electrons. The van der Waals surface area contributed by atoms with E-state index in [1.807, 2.05) is 77.5 Å². The van der Waals surface area contributed by atoms with Crippen LogP contribution in [0.4, 0.5) is 11.5 Å². The Labute approximate surface area is 375 Å². The van der Waals surface area contributed by atoms with E-state index in [-0.39, 0.29) is 35.5 Å². The predicted octanol–water partition coefficient (Wildman–Crippen LogP) is 5.70. The smallest absolute Gasteiger partial charge is 0.236 e. The average Bonchev–Trinajstić information content (AvgIpc) is 3.72. The molecule has 4 fully saturated rings. The normalized spacial score (nSPS) is 19.6. The molecule has 5 aromatic rings. The van der Waals surface area contributed by atoms with Crippen LogP contribution in [0.15, 0.2) is 73.2 Å². The van der Waals surface area contributed by atoms with Gasteiger partial charge in [0, 0.05) is 119 Å². The van der Waals surface area contributed by atoms with E-state index in [4.69, 9.17) is 32.9 Å². The summed E-state index contributed by atoms with van der Waals surface area (Å²) >= 11 is 12.7. The number of pyridine rings is 2. The molecule has 4 aliphatic heterocycles. The molecule has 1 unspecified atom stereocenters. The van der Waals surface area contributed by atoms with Crippen LogP contribution in [-0.4, -0.2) is 130 Å². The lowest BCUT2D eigenvalue weighted by Crippen LogP contribution is -2.53. The van der Waals surface area contributed by atoms with E-state index in [1.54, 1.807) is 12.4 Å². The van der Waals surface area contributed by atoms with E-state index in [0.717, 1.165) is 65.4 Å². The number of fused-ring (bicyclic) bond motifs is 1. The van der Waals surface area contributed by atoms with Crippen LogP contribution in [0.3, 0.4) is 0 Å². The first-order valence-corrected chi connectivity index (χ1v) is 22.5. The number of rotatable bonds is 10. The van der Waals surface area contributed by atoms with Crippen molar-refractivity contribution in [3.05, 3.63) is 94.4 Å². The Bertz CT molecular complexity index is 2460. The van der Waals surface area contributed by atoms with Gasteiger partial charge in [0.2, 0.25) is 23.6 Å². The Morgan fingerprint density at radius 1 is 0.810 bits per heavy atom. The highest BCUT2D eigenvalue weighted by Crippen LogP contribution is 2.35. The summed E-state index contributed by atoms with van der Waals surface area (Å²) in [5, 5.41) is 11.9.